The van der Waals surface area contributed by atoms with E-state index in [1.54, 1.807) is 0 Å². The lowest BCUT2D eigenvalue weighted by Gasteiger charge is -2.19. The standard InChI is InChI=1S/C44H84N2O8/c1-7-11-21-28-39(9-3)53-43(49)32-25-19-15-13-17-23-30-41(47)51-36-38(45-34-27-35-46(5)6)37-52-42(48)31-24-18-14-16-20-26-33-44(50)54-40(10-4)29-22-12-8-2/h38-40,45H,7-37H2,1-6H3. The fourth-order valence-corrected chi connectivity index (χ4v) is 6.32. The zero-order chi connectivity index (χ0) is 40.1. The summed E-state index contributed by atoms with van der Waals surface area (Å²) in [7, 11) is 4.06. The summed E-state index contributed by atoms with van der Waals surface area (Å²) in [6, 6.07) is -0.244. The van der Waals surface area contributed by atoms with Crippen molar-refractivity contribution in [3.8, 4) is 0 Å². The smallest absolute Gasteiger partial charge is 0.306 e. The van der Waals surface area contributed by atoms with Gasteiger partial charge in [0.1, 0.15) is 25.4 Å². The molecule has 0 fully saturated rings. The van der Waals surface area contributed by atoms with E-state index in [1.165, 1.54) is 25.7 Å². The number of hydrogen-bond acceptors (Lipinski definition) is 10. The zero-order valence-electron chi connectivity index (χ0n) is 35.9. The largest absolute Gasteiger partial charge is 0.464 e. The van der Waals surface area contributed by atoms with Gasteiger partial charge < -0.3 is 29.2 Å². The molecule has 0 aliphatic heterocycles. The van der Waals surface area contributed by atoms with Crippen LogP contribution in [0, 0.1) is 0 Å². The molecule has 0 heterocycles. The second-order valence-electron chi connectivity index (χ2n) is 15.4. The number of ether oxygens (including phenoxy) is 4. The average molecular weight is 769 g/mol. The first-order valence-corrected chi connectivity index (χ1v) is 22.2. The minimum absolute atomic E-state index is 0.0556. The van der Waals surface area contributed by atoms with Gasteiger partial charge in [0.15, 0.2) is 0 Å². The van der Waals surface area contributed by atoms with Crippen LogP contribution in [0.15, 0.2) is 0 Å². The van der Waals surface area contributed by atoms with E-state index < -0.39 is 0 Å². The van der Waals surface area contributed by atoms with Gasteiger partial charge >= 0.3 is 23.9 Å². The Labute approximate surface area is 331 Å². The summed E-state index contributed by atoms with van der Waals surface area (Å²) >= 11 is 0. The first-order chi connectivity index (χ1) is 26.1. The maximum atomic E-state index is 12.5. The lowest BCUT2D eigenvalue weighted by molar-refractivity contribution is -0.150. The maximum absolute atomic E-state index is 12.5. The van der Waals surface area contributed by atoms with Gasteiger partial charge in [-0.15, -0.1) is 0 Å². The molecule has 0 bridgehead atoms. The van der Waals surface area contributed by atoms with Gasteiger partial charge in [-0.25, -0.2) is 0 Å². The number of carbonyl (C=O) groups is 4. The van der Waals surface area contributed by atoms with Crippen molar-refractivity contribution in [3.63, 3.8) is 0 Å². The highest BCUT2D eigenvalue weighted by Gasteiger charge is 2.16. The predicted molar refractivity (Wildman–Crippen MR) is 219 cm³/mol. The number of hydrogen-bond donors (Lipinski definition) is 1. The van der Waals surface area contributed by atoms with Crippen molar-refractivity contribution in [3.05, 3.63) is 0 Å². The summed E-state index contributed by atoms with van der Waals surface area (Å²) < 4.78 is 22.4. The Balaban J connectivity index is 4.16. The highest BCUT2D eigenvalue weighted by atomic mass is 16.6. The van der Waals surface area contributed by atoms with E-state index in [0.29, 0.717) is 25.7 Å². The van der Waals surface area contributed by atoms with Crippen LogP contribution in [0.5, 0.6) is 0 Å². The molecule has 2 atom stereocenters. The van der Waals surface area contributed by atoms with Gasteiger partial charge in [0.25, 0.3) is 0 Å². The summed E-state index contributed by atoms with van der Waals surface area (Å²) in [6.45, 7) is 10.5. The minimum atomic E-state index is -0.244. The molecule has 0 amide bonds. The molecule has 0 radical (unpaired) electrons. The third-order valence-corrected chi connectivity index (χ3v) is 9.90. The van der Waals surface area contributed by atoms with Gasteiger partial charge in [-0.3, -0.25) is 19.2 Å². The molecule has 10 heteroatoms. The molecule has 0 saturated heterocycles. The van der Waals surface area contributed by atoms with E-state index in [0.717, 1.165) is 135 Å². The molecule has 0 rings (SSSR count). The predicted octanol–water partition coefficient (Wildman–Crippen LogP) is 10.0. The van der Waals surface area contributed by atoms with Crippen molar-refractivity contribution in [1.82, 2.24) is 10.2 Å². The van der Waals surface area contributed by atoms with E-state index in [-0.39, 0.29) is 55.3 Å². The van der Waals surface area contributed by atoms with Crippen molar-refractivity contribution >= 4 is 23.9 Å². The number of unbranched alkanes of at least 4 members (excludes halogenated alkanes) is 14. The Morgan fingerprint density at radius 2 is 0.852 bits per heavy atom. The normalized spacial score (nSPS) is 13.0. The molecular weight excluding hydrogens is 684 g/mol. The SMILES string of the molecule is CCCCCC(CC)OC(=O)CCCCCCCCC(=O)OCC(COC(=O)CCCCCCCCC(=O)OC(CC)CCCCC)NCCCN(C)C. The molecule has 0 aliphatic rings. The fourth-order valence-electron chi connectivity index (χ4n) is 6.32. The second-order valence-corrected chi connectivity index (χ2v) is 15.4. The molecule has 10 nitrogen and oxygen atoms in total. The van der Waals surface area contributed by atoms with Gasteiger partial charge in [0.05, 0.1) is 6.04 Å². The molecule has 0 aromatic rings. The van der Waals surface area contributed by atoms with Gasteiger partial charge in [0.2, 0.25) is 0 Å². The van der Waals surface area contributed by atoms with Crippen LogP contribution < -0.4 is 5.32 Å². The molecule has 0 aromatic heterocycles. The molecule has 1 N–H and O–H groups in total. The number of rotatable bonds is 39. The first kappa shape index (κ1) is 51.8. The third kappa shape index (κ3) is 34.3. The number of nitrogens with zero attached hydrogens (tertiary/aromatic N) is 1. The molecule has 318 valence electrons. The van der Waals surface area contributed by atoms with Crippen molar-refractivity contribution in [2.24, 2.45) is 0 Å². The molecule has 0 aromatic carbocycles. The van der Waals surface area contributed by atoms with E-state index in [2.05, 4.69) is 37.9 Å². The summed E-state index contributed by atoms with van der Waals surface area (Å²) in [5.41, 5.74) is 0. The van der Waals surface area contributed by atoms with Gasteiger partial charge in [-0.05, 0) is 97.8 Å². The Kier molecular flexibility index (Phi) is 36.2. The van der Waals surface area contributed by atoms with Crippen LogP contribution in [0.3, 0.4) is 0 Å². The first-order valence-electron chi connectivity index (χ1n) is 22.2. The van der Waals surface area contributed by atoms with Gasteiger partial charge in [-0.1, -0.05) is 105 Å². The number of carbonyl (C=O) groups excluding carboxylic acids is 4. The van der Waals surface area contributed by atoms with Crippen LogP contribution in [-0.2, 0) is 38.1 Å². The van der Waals surface area contributed by atoms with Crippen LogP contribution in [-0.4, -0.2) is 87.4 Å². The van der Waals surface area contributed by atoms with E-state index in [4.69, 9.17) is 18.9 Å². The highest BCUT2D eigenvalue weighted by Crippen LogP contribution is 2.15. The lowest BCUT2D eigenvalue weighted by atomic mass is 10.1. The summed E-state index contributed by atoms with van der Waals surface area (Å²) in [5, 5.41) is 3.40. The minimum Gasteiger partial charge on any atom is -0.464 e. The van der Waals surface area contributed by atoms with E-state index in [9.17, 15) is 19.2 Å². The molecule has 0 saturated carbocycles. The van der Waals surface area contributed by atoms with Crippen molar-refractivity contribution in [2.75, 3.05) is 40.4 Å². The van der Waals surface area contributed by atoms with Crippen LogP contribution in [0.1, 0.15) is 201 Å². The van der Waals surface area contributed by atoms with E-state index in [1.807, 2.05) is 14.1 Å². The third-order valence-electron chi connectivity index (χ3n) is 9.90. The van der Waals surface area contributed by atoms with Crippen molar-refractivity contribution in [1.29, 1.82) is 0 Å². The van der Waals surface area contributed by atoms with Crippen molar-refractivity contribution < 1.29 is 38.1 Å². The number of esters is 4. The van der Waals surface area contributed by atoms with Crippen molar-refractivity contribution in [2.45, 2.75) is 219 Å². The highest BCUT2D eigenvalue weighted by molar-refractivity contribution is 5.70. The summed E-state index contributed by atoms with van der Waals surface area (Å²) in [5.74, 6) is -0.597. The summed E-state index contributed by atoms with van der Waals surface area (Å²) in [6.07, 6.45) is 24.6. The Morgan fingerprint density at radius 1 is 0.481 bits per heavy atom. The zero-order valence-corrected chi connectivity index (χ0v) is 35.9. The van der Waals surface area contributed by atoms with Crippen LogP contribution >= 0.6 is 0 Å². The van der Waals surface area contributed by atoms with Crippen LogP contribution in [0.25, 0.3) is 0 Å². The van der Waals surface area contributed by atoms with E-state index >= 15 is 0 Å². The monoisotopic (exact) mass is 769 g/mol. The molecule has 2 unspecified atom stereocenters. The molecular formula is C44H84N2O8. The fraction of sp³-hybridized carbons (Fsp3) is 0.909. The lowest BCUT2D eigenvalue weighted by Crippen LogP contribution is -2.40. The maximum Gasteiger partial charge on any atom is 0.306 e. The van der Waals surface area contributed by atoms with Crippen LogP contribution in [0.2, 0.25) is 0 Å². The van der Waals surface area contributed by atoms with Gasteiger partial charge in [-0.2, -0.15) is 0 Å². The Bertz CT molecular complexity index is 851. The topological polar surface area (TPSA) is 120 Å². The second kappa shape index (κ2) is 37.7. The van der Waals surface area contributed by atoms with Crippen LogP contribution in [0.4, 0.5) is 0 Å². The molecule has 0 aliphatic carbocycles. The Morgan fingerprint density at radius 3 is 1.20 bits per heavy atom. The Hall–Kier alpha value is -2.20. The summed E-state index contributed by atoms with van der Waals surface area (Å²) in [4.78, 5) is 51.4. The molecule has 0 spiro atoms. The average Bonchev–Trinajstić information content (AvgIpc) is 3.15. The van der Waals surface area contributed by atoms with Gasteiger partial charge in [0, 0.05) is 25.7 Å². The molecule has 54 heavy (non-hydrogen) atoms. The number of nitrogens with one attached hydrogen (secondary N) is 1. The quantitative estimate of drug-likeness (QED) is 0.0368.